The Labute approximate surface area is 190 Å². The van der Waals surface area contributed by atoms with Crippen LogP contribution in [-0.4, -0.2) is 23.9 Å². The number of nitrogens with one attached hydrogen (secondary N) is 1. The number of nitrogens with two attached hydrogens (primary N) is 1. The number of allylic oxidation sites excluding steroid dienone is 5. The molecule has 0 aliphatic heterocycles. The lowest BCUT2D eigenvalue weighted by Gasteiger charge is -2.19. The summed E-state index contributed by atoms with van der Waals surface area (Å²) in [7, 11) is 0. The van der Waals surface area contributed by atoms with Crippen LogP contribution in [0, 0.1) is 0 Å². The summed E-state index contributed by atoms with van der Waals surface area (Å²) in [6.45, 7) is 15.9. The minimum absolute atomic E-state index is 0.0931. The summed E-state index contributed by atoms with van der Waals surface area (Å²) < 4.78 is 10.4. The number of Topliss-reactive ketones (excluding diaryl/α,β-unsaturated/α-hetero) is 1. The fourth-order valence-corrected chi connectivity index (χ4v) is 2.56. The zero-order valence-electron chi connectivity index (χ0n) is 19.9. The van der Waals surface area contributed by atoms with Gasteiger partial charge in [0.2, 0.25) is 5.78 Å². The molecule has 7 nitrogen and oxygen atoms in total. The maximum absolute atomic E-state index is 12.8. The molecule has 174 valence electrons. The maximum Gasteiger partial charge on any atom is 0.412 e. The molecule has 0 heterocycles. The smallest absolute Gasteiger partial charge is 0.412 e. The van der Waals surface area contributed by atoms with Crippen LogP contribution < -0.4 is 15.8 Å². The Morgan fingerprint density at radius 2 is 1.66 bits per heavy atom. The van der Waals surface area contributed by atoms with Gasteiger partial charge in [-0.2, -0.15) is 0 Å². The molecule has 1 aromatic carbocycles. The predicted molar refractivity (Wildman–Crippen MR) is 127 cm³/mol. The highest BCUT2D eigenvalue weighted by molar-refractivity contribution is 6.10. The molecule has 3 N–H and O–H groups in total. The van der Waals surface area contributed by atoms with Crippen molar-refractivity contribution in [1.82, 2.24) is 5.32 Å². The summed E-state index contributed by atoms with van der Waals surface area (Å²) in [6.07, 6.45) is 3.88. The summed E-state index contributed by atoms with van der Waals surface area (Å²) in [4.78, 5) is 36.2. The van der Waals surface area contributed by atoms with Crippen molar-refractivity contribution < 1.29 is 23.9 Å². The first-order valence-corrected chi connectivity index (χ1v) is 10.3. The van der Waals surface area contributed by atoms with Crippen molar-refractivity contribution >= 4 is 17.8 Å². The molecule has 0 radical (unpaired) electrons. The van der Waals surface area contributed by atoms with E-state index < -0.39 is 23.9 Å². The molecule has 0 spiro atoms. The highest BCUT2D eigenvalue weighted by Crippen LogP contribution is 2.18. The van der Waals surface area contributed by atoms with Crippen LogP contribution in [0.25, 0.3) is 0 Å². The number of amides is 1. The Kier molecular flexibility index (Phi) is 12.8. The van der Waals surface area contributed by atoms with Crippen LogP contribution in [0.15, 0.2) is 71.6 Å². The van der Waals surface area contributed by atoms with Crippen LogP contribution in [0.3, 0.4) is 0 Å². The second-order valence-corrected chi connectivity index (χ2v) is 6.51. The van der Waals surface area contributed by atoms with Gasteiger partial charge in [0.25, 0.3) is 0 Å². The number of hydrogen-bond donors (Lipinski definition) is 2. The highest BCUT2D eigenvalue weighted by Gasteiger charge is 2.21. The molecule has 7 heteroatoms. The van der Waals surface area contributed by atoms with E-state index in [0.717, 1.165) is 11.1 Å². The van der Waals surface area contributed by atoms with Gasteiger partial charge in [-0.25, -0.2) is 4.79 Å². The van der Waals surface area contributed by atoms with E-state index in [2.05, 4.69) is 11.9 Å². The largest absolute Gasteiger partial charge is 0.441 e. The van der Waals surface area contributed by atoms with Crippen molar-refractivity contribution in [3.63, 3.8) is 0 Å². The van der Waals surface area contributed by atoms with Crippen LogP contribution in [0.4, 0.5) is 4.79 Å². The Hall–Kier alpha value is -3.61. The van der Waals surface area contributed by atoms with Crippen molar-refractivity contribution in [1.29, 1.82) is 0 Å². The summed E-state index contributed by atoms with van der Waals surface area (Å²) in [5.74, 6) is -0.666. The van der Waals surface area contributed by atoms with Gasteiger partial charge in [0.15, 0.2) is 0 Å². The number of ether oxygens (including phenoxy) is 2. The third-order valence-electron chi connectivity index (χ3n) is 4.13. The van der Waals surface area contributed by atoms with Gasteiger partial charge in [0.05, 0.1) is 0 Å². The molecule has 1 rings (SSSR count). The van der Waals surface area contributed by atoms with Gasteiger partial charge in [-0.05, 0) is 63.1 Å². The fraction of sp³-hybridized carbons (Fsp3) is 0.320. The van der Waals surface area contributed by atoms with Crippen molar-refractivity contribution in [2.24, 2.45) is 5.73 Å². The number of hydrogen-bond acceptors (Lipinski definition) is 6. The second-order valence-electron chi connectivity index (χ2n) is 6.51. The topological polar surface area (TPSA) is 108 Å². The van der Waals surface area contributed by atoms with Crippen LogP contribution in [0.1, 0.15) is 58.8 Å². The molecule has 0 saturated carbocycles. The molecular weight excluding hydrogens is 408 g/mol. The molecule has 32 heavy (non-hydrogen) atoms. The highest BCUT2D eigenvalue weighted by atomic mass is 16.6. The van der Waals surface area contributed by atoms with E-state index in [1.54, 1.807) is 19.1 Å². The van der Waals surface area contributed by atoms with Gasteiger partial charge >= 0.3 is 12.1 Å². The molecule has 1 unspecified atom stereocenters. The van der Waals surface area contributed by atoms with E-state index in [4.69, 9.17) is 15.2 Å². The van der Waals surface area contributed by atoms with E-state index in [1.807, 2.05) is 33.8 Å². The molecule has 0 aliphatic carbocycles. The first-order valence-electron chi connectivity index (χ1n) is 10.3. The zero-order valence-corrected chi connectivity index (χ0v) is 19.9. The van der Waals surface area contributed by atoms with Crippen LogP contribution in [0.5, 0.6) is 5.75 Å². The number of benzene rings is 1. The van der Waals surface area contributed by atoms with Crippen molar-refractivity contribution in [3.05, 3.63) is 77.2 Å². The molecule has 1 atom stereocenters. The van der Waals surface area contributed by atoms with Gasteiger partial charge in [-0.1, -0.05) is 38.7 Å². The van der Waals surface area contributed by atoms with Gasteiger partial charge in [-0.3, -0.25) is 14.9 Å². The Morgan fingerprint density at radius 3 is 2.09 bits per heavy atom. The van der Waals surface area contributed by atoms with Crippen molar-refractivity contribution in [3.8, 4) is 5.75 Å². The zero-order chi connectivity index (χ0) is 24.8. The average Bonchev–Trinajstić information content (AvgIpc) is 2.76. The number of ketones is 1. The van der Waals surface area contributed by atoms with E-state index in [9.17, 15) is 14.4 Å². The van der Waals surface area contributed by atoms with E-state index >= 15 is 0 Å². The van der Waals surface area contributed by atoms with Gasteiger partial charge in [0.1, 0.15) is 17.6 Å². The minimum Gasteiger partial charge on any atom is -0.441 e. The minimum atomic E-state index is -0.814. The van der Waals surface area contributed by atoms with Crippen LogP contribution in [0.2, 0.25) is 0 Å². The average molecular weight is 443 g/mol. The third-order valence-corrected chi connectivity index (χ3v) is 4.13. The quantitative estimate of drug-likeness (QED) is 0.188. The molecule has 0 aromatic heterocycles. The van der Waals surface area contributed by atoms with Gasteiger partial charge < -0.3 is 15.2 Å². The van der Waals surface area contributed by atoms with Gasteiger partial charge in [0, 0.05) is 18.2 Å². The summed E-state index contributed by atoms with van der Waals surface area (Å²) in [5.41, 5.74) is 7.82. The lowest BCUT2D eigenvalue weighted by Crippen LogP contribution is -2.33. The monoisotopic (exact) mass is 442 g/mol. The second kappa shape index (κ2) is 14.4. The number of carbonyl (C=O) groups excluding carboxylic acids is 3. The summed E-state index contributed by atoms with van der Waals surface area (Å²) >= 11 is 0. The molecule has 0 bridgehead atoms. The first-order chi connectivity index (χ1) is 15.1. The van der Waals surface area contributed by atoms with Crippen LogP contribution in [-0.2, 0) is 9.53 Å². The fourth-order valence-electron chi connectivity index (χ4n) is 2.56. The summed E-state index contributed by atoms with van der Waals surface area (Å²) in [5, 5.41) is 2.43. The number of carbonyl (C=O) groups is 3. The Morgan fingerprint density at radius 1 is 1.09 bits per heavy atom. The van der Waals surface area contributed by atoms with Crippen LogP contribution >= 0.6 is 0 Å². The first kappa shape index (κ1) is 28.4. The Balaban J connectivity index is 0.00000466. The number of esters is 1. The molecule has 1 aromatic rings. The van der Waals surface area contributed by atoms with E-state index in [1.165, 1.54) is 38.1 Å². The molecule has 1 amide bonds. The standard InChI is InChI=1S/C23H28N2O5.C2H6/c1-7-9-20(14(3)8-2)16(5)29-23(28)25-21(15(4)24)22(27)18-10-12-19(13-11-18)30-17(6)26;1-2/h7-13,16H,1,24H2,2-6H3,(H,25,28);1-2H3/b14-8-,20-9+,21-15+;. The normalized spacial score (nSPS) is 13.0. The number of rotatable bonds is 8. The third kappa shape index (κ3) is 9.04. The molecular formula is C25H34N2O5. The maximum atomic E-state index is 12.8. The molecule has 0 aliphatic rings. The van der Waals surface area contributed by atoms with Crippen molar-refractivity contribution in [2.45, 2.75) is 54.6 Å². The lowest BCUT2D eigenvalue weighted by molar-refractivity contribution is -0.131. The predicted octanol–water partition coefficient (Wildman–Crippen LogP) is 5.20. The summed E-state index contributed by atoms with van der Waals surface area (Å²) in [6, 6.07) is 5.90. The van der Waals surface area contributed by atoms with E-state index in [-0.39, 0.29) is 17.0 Å². The van der Waals surface area contributed by atoms with Crippen molar-refractivity contribution in [2.75, 3.05) is 0 Å². The lowest BCUT2D eigenvalue weighted by atomic mass is 10.0. The van der Waals surface area contributed by atoms with Gasteiger partial charge in [-0.15, -0.1) is 0 Å². The van der Waals surface area contributed by atoms with E-state index in [0.29, 0.717) is 5.75 Å². The Bertz CT molecular complexity index is 905. The molecule has 0 fully saturated rings. The SMILES string of the molecule is C=C/C=C(\C(C)=C/C)C(C)OC(=O)N/C(C(=O)c1ccc(OC(C)=O)cc1)=C(\C)N.CC. The molecule has 0 saturated heterocycles. The number of alkyl carbamates (subject to hydrolysis) is 1.